The Bertz CT molecular complexity index is 574. The van der Waals surface area contributed by atoms with Gasteiger partial charge in [0, 0.05) is 17.8 Å². The first-order valence-corrected chi connectivity index (χ1v) is 7.80. The van der Waals surface area contributed by atoms with Gasteiger partial charge in [0.05, 0.1) is 0 Å². The zero-order valence-corrected chi connectivity index (χ0v) is 12.5. The number of benzene rings is 1. The average molecular weight is 265 g/mol. The third-order valence-electron chi connectivity index (χ3n) is 4.70. The molecule has 0 saturated carbocycles. The lowest BCUT2D eigenvalue weighted by Crippen LogP contribution is -2.10. The van der Waals surface area contributed by atoms with Crippen LogP contribution in [0.1, 0.15) is 60.9 Å². The van der Waals surface area contributed by atoms with Crippen molar-refractivity contribution in [3.63, 3.8) is 0 Å². The van der Waals surface area contributed by atoms with Crippen LogP contribution in [0.4, 0.5) is 0 Å². The molecule has 2 unspecified atom stereocenters. The third kappa shape index (κ3) is 2.63. The average Bonchev–Trinajstić information content (AvgIpc) is 2.46. The molecule has 0 amide bonds. The minimum Gasteiger partial charge on any atom is -0.261 e. The zero-order valence-electron chi connectivity index (χ0n) is 12.5. The Morgan fingerprint density at radius 2 is 1.95 bits per heavy atom. The van der Waals surface area contributed by atoms with Gasteiger partial charge >= 0.3 is 0 Å². The first-order chi connectivity index (χ1) is 9.78. The molecule has 1 aromatic carbocycles. The minimum absolute atomic E-state index is 0.567. The van der Waals surface area contributed by atoms with Gasteiger partial charge in [0.2, 0.25) is 0 Å². The Balaban J connectivity index is 1.73. The van der Waals surface area contributed by atoms with Gasteiger partial charge in [-0.25, -0.2) is 0 Å². The summed E-state index contributed by atoms with van der Waals surface area (Å²) in [6.07, 6.45) is 6.80. The van der Waals surface area contributed by atoms with Crippen molar-refractivity contribution in [3.8, 4) is 0 Å². The number of hydrogen-bond acceptors (Lipinski definition) is 1. The van der Waals surface area contributed by atoms with Crippen LogP contribution in [-0.4, -0.2) is 4.98 Å². The molecule has 1 heteroatoms. The summed E-state index contributed by atoms with van der Waals surface area (Å²) in [5.41, 5.74) is 5.86. The molecule has 1 aliphatic rings. The molecule has 1 nitrogen and oxygen atoms in total. The molecule has 1 aromatic heterocycles. The van der Waals surface area contributed by atoms with Crippen LogP contribution in [0.3, 0.4) is 0 Å². The maximum absolute atomic E-state index is 4.54. The van der Waals surface area contributed by atoms with Crippen molar-refractivity contribution in [1.82, 2.24) is 4.98 Å². The summed E-state index contributed by atoms with van der Waals surface area (Å²) in [4.78, 5) is 4.54. The molecule has 0 spiro atoms. The maximum Gasteiger partial charge on any atom is 0.0434 e. The van der Waals surface area contributed by atoms with E-state index in [2.05, 4.69) is 49.2 Å². The van der Waals surface area contributed by atoms with Crippen molar-refractivity contribution < 1.29 is 0 Å². The van der Waals surface area contributed by atoms with Gasteiger partial charge in [-0.3, -0.25) is 4.98 Å². The Morgan fingerprint density at radius 3 is 2.55 bits per heavy atom. The molecule has 1 aliphatic carbocycles. The predicted molar refractivity (Wildman–Crippen MR) is 84.2 cm³/mol. The van der Waals surface area contributed by atoms with Gasteiger partial charge in [-0.2, -0.15) is 0 Å². The van der Waals surface area contributed by atoms with E-state index in [0.29, 0.717) is 11.8 Å². The topological polar surface area (TPSA) is 12.9 Å². The van der Waals surface area contributed by atoms with Crippen LogP contribution >= 0.6 is 0 Å². The highest BCUT2D eigenvalue weighted by atomic mass is 14.7. The van der Waals surface area contributed by atoms with Gasteiger partial charge < -0.3 is 0 Å². The second-order valence-electron chi connectivity index (χ2n) is 6.02. The third-order valence-corrected chi connectivity index (χ3v) is 4.70. The second kappa shape index (κ2) is 5.78. The van der Waals surface area contributed by atoms with Crippen LogP contribution in [0.5, 0.6) is 0 Å². The number of rotatable bonds is 5. The quantitative estimate of drug-likeness (QED) is 0.751. The van der Waals surface area contributed by atoms with Crippen LogP contribution in [-0.2, 0) is 12.8 Å². The molecule has 1 heterocycles. The number of pyridine rings is 1. The lowest BCUT2D eigenvalue weighted by molar-refractivity contribution is 0.533. The number of aromatic nitrogens is 1. The zero-order chi connectivity index (χ0) is 13.9. The molecule has 0 aliphatic heterocycles. The molecule has 0 radical (unpaired) electrons. The molecule has 0 N–H and O–H groups in total. The fraction of sp³-hybridized carbons (Fsp3) is 0.421. The first kappa shape index (κ1) is 13.4. The van der Waals surface area contributed by atoms with Gasteiger partial charge in [-0.1, -0.05) is 38.1 Å². The highest BCUT2D eigenvalue weighted by Gasteiger charge is 2.18. The van der Waals surface area contributed by atoms with Crippen molar-refractivity contribution in [2.45, 2.75) is 51.4 Å². The van der Waals surface area contributed by atoms with Crippen LogP contribution in [0, 0.1) is 0 Å². The fourth-order valence-corrected chi connectivity index (χ4v) is 3.20. The molecule has 2 aromatic rings. The van der Waals surface area contributed by atoms with Crippen molar-refractivity contribution >= 4 is 0 Å². The first-order valence-electron chi connectivity index (χ1n) is 7.80. The minimum atomic E-state index is 0.567. The van der Waals surface area contributed by atoms with Gasteiger partial charge in [-0.15, -0.1) is 0 Å². The van der Waals surface area contributed by atoms with Gasteiger partial charge in [-0.05, 0) is 60.4 Å². The molecule has 3 rings (SSSR count). The Hall–Kier alpha value is -1.63. The summed E-state index contributed by atoms with van der Waals surface area (Å²) in [5.74, 6) is 1.17. The van der Waals surface area contributed by atoms with Gasteiger partial charge in [0.25, 0.3) is 0 Å². The van der Waals surface area contributed by atoms with E-state index < -0.39 is 0 Å². The van der Waals surface area contributed by atoms with Crippen LogP contribution in [0.15, 0.2) is 42.6 Å². The van der Waals surface area contributed by atoms with Crippen LogP contribution in [0.25, 0.3) is 0 Å². The van der Waals surface area contributed by atoms with Crippen molar-refractivity contribution in [3.05, 3.63) is 65.0 Å². The Morgan fingerprint density at radius 1 is 1.10 bits per heavy atom. The number of aryl methyl sites for hydroxylation is 2. The van der Waals surface area contributed by atoms with Gasteiger partial charge in [0.15, 0.2) is 0 Å². The predicted octanol–water partition coefficient (Wildman–Crippen LogP) is 4.87. The van der Waals surface area contributed by atoms with E-state index in [1.807, 2.05) is 12.3 Å². The van der Waals surface area contributed by atoms with Gasteiger partial charge in [0.1, 0.15) is 0 Å². The normalized spacial score (nSPS) is 16.1. The lowest BCUT2D eigenvalue weighted by Gasteiger charge is -2.24. The fourth-order valence-electron chi connectivity index (χ4n) is 3.20. The van der Waals surface area contributed by atoms with Crippen molar-refractivity contribution in [2.75, 3.05) is 0 Å². The number of fused-ring (bicyclic) bond motifs is 1. The summed E-state index contributed by atoms with van der Waals surface area (Å²) < 4.78 is 0. The lowest BCUT2D eigenvalue weighted by atomic mass is 9.82. The summed E-state index contributed by atoms with van der Waals surface area (Å²) >= 11 is 0. The SMILES string of the molecule is CCC(CC(C)c1ccc2c(c1)CC2)c1ccccn1. The number of nitrogens with zero attached hydrogens (tertiary/aromatic N) is 1. The largest absolute Gasteiger partial charge is 0.261 e. The molecule has 0 fully saturated rings. The van der Waals surface area contributed by atoms with Crippen molar-refractivity contribution in [2.24, 2.45) is 0 Å². The van der Waals surface area contributed by atoms with Crippen LogP contribution in [0.2, 0.25) is 0 Å². The van der Waals surface area contributed by atoms with E-state index in [4.69, 9.17) is 0 Å². The summed E-state index contributed by atoms with van der Waals surface area (Å²) in [5, 5.41) is 0. The number of hydrogen-bond donors (Lipinski definition) is 0. The van der Waals surface area contributed by atoms with E-state index in [1.54, 1.807) is 11.1 Å². The van der Waals surface area contributed by atoms with E-state index in [1.165, 1.54) is 30.5 Å². The molecule has 0 saturated heterocycles. The van der Waals surface area contributed by atoms with E-state index in [9.17, 15) is 0 Å². The molecular weight excluding hydrogens is 242 g/mol. The summed E-state index contributed by atoms with van der Waals surface area (Å²) in [7, 11) is 0. The maximum atomic E-state index is 4.54. The standard InChI is InChI=1S/C19H23N/c1-3-15(19-6-4-5-11-20-19)12-14(2)17-9-7-16-8-10-18(16)13-17/h4-7,9,11,13-15H,3,8,10,12H2,1-2H3. The highest BCUT2D eigenvalue weighted by Crippen LogP contribution is 2.33. The molecule has 104 valence electrons. The van der Waals surface area contributed by atoms with E-state index in [-0.39, 0.29) is 0 Å². The Labute approximate surface area is 122 Å². The summed E-state index contributed by atoms with van der Waals surface area (Å²) in [6, 6.07) is 13.3. The smallest absolute Gasteiger partial charge is 0.0434 e. The molecule has 0 bridgehead atoms. The van der Waals surface area contributed by atoms with E-state index in [0.717, 1.165) is 6.42 Å². The molecular formula is C19H23N. The molecule has 20 heavy (non-hydrogen) atoms. The summed E-state index contributed by atoms with van der Waals surface area (Å²) in [6.45, 7) is 4.62. The van der Waals surface area contributed by atoms with Crippen molar-refractivity contribution in [1.29, 1.82) is 0 Å². The van der Waals surface area contributed by atoms with E-state index >= 15 is 0 Å². The highest BCUT2D eigenvalue weighted by molar-refractivity contribution is 5.39. The molecule has 2 atom stereocenters. The second-order valence-corrected chi connectivity index (χ2v) is 6.02. The van der Waals surface area contributed by atoms with Crippen LogP contribution < -0.4 is 0 Å². The Kier molecular flexibility index (Phi) is 3.86. The monoisotopic (exact) mass is 265 g/mol.